The molecule has 2 aromatic rings. The van der Waals surface area contributed by atoms with Crippen molar-refractivity contribution >= 4 is 16.9 Å². The first-order valence-electron chi connectivity index (χ1n) is 10.7. The van der Waals surface area contributed by atoms with E-state index in [4.69, 9.17) is 0 Å². The Morgan fingerprint density at radius 2 is 1.74 bits per heavy atom. The van der Waals surface area contributed by atoms with Gasteiger partial charge >= 0.3 is 6.18 Å². The summed E-state index contributed by atoms with van der Waals surface area (Å²) in [6.45, 7) is 8.02. The van der Waals surface area contributed by atoms with Gasteiger partial charge in [0, 0.05) is 13.1 Å². The lowest BCUT2D eigenvalue weighted by atomic mass is 10.1. The van der Waals surface area contributed by atoms with Crippen LogP contribution in [0.15, 0.2) is 16.9 Å². The van der Waals surface area contributed by atoms with Crippen LogP contribution >= 0.6 is 0 Å². The van der Waals surface area contributed by atoms with Gasteiger partial charge in [0.1, 0.15) is 6.04 Å². The Morgan fingerprint density at radius 3 is 2.35 bits per heavy atom. The molecule has 1 aromatic carbocycles. The number of fused-ring (bicyclic) bond motifs is 1. The van der Waals surface area contributed by atoms with E-state index in [9.17, 15) is 22.8 Å². The van der Waals surface area contributed by atoms with Gasteiger partial charge in [-0.05, 0) is 70.0 Å². The monoisotopic (exact) mass is 438 g/mol. The van der Waals surface area contributed by atoms with Gasteiger partial charge in [-0.1, -0.05) is 12.8 Å². The van der Waals surface area contributed by atoms with Gasteiger partial charge in [-0.2, -0.15) is 13.2 Å². The van der Waals surface area contributed by atoms with E-state index >= 15 is 0 Å². The molecule has 0 spiro atoms. The zero-order valence-electron chi connectivity index (χ0n) is 18.2. The Hall–Kier alpha value is -2.42. The first-order valence-corrected chi connectivity index (χ1v) is 10.7. The molecule has 1 amide bonds. The summed E-state index contributed by atoms with van der Waals surface area (Å²) in [5.41, 5.74) is -0.995. The molecule has 9 heteroatoms. The fourth-order valence-electron chi connectivity index (χ4n) is 3.99. The number of amides is 1. The van der Waals surface area contributed by atoms with Crippen molar-refractivity contribution in [1.29, 1.82) is 0 Å². The Labute approximate surface area is 179 Å². The number of rotatable bonds is 5. The quantitative estimate of drug-likeness (QED) is 0.775. The van der Waals surface area contributed by atoms with Crippen molar-refractivity contribution < 1.29 is 18.0 Å². The molecule has 31 heavy (non-hydrogen) atoms. The SMILES string of the molecule is Cc1cc2nc(C(F)(F)F)c(=O)n(C(C)C(=O)NCCN3CCCCCC3)c2cc1C. The van der Waals surface area contributed by atoms with Gasteiger partial charge in [-0.3, -0.25) is 14.2 Å². The highest BCUT2D eigenvalue weighted by Gasteiger charge is 2.38. The molecule has 0 saturated carbocycles. The predicted octanol–water partition coefficient (Wildman–Crippen LogP) is 3.59. The molecule has 1 aliphatic rings. The van der Waals surface area contributed by atoms with Crippen LogP contribution in [0.2, 0.25) is 0 Å². The molecule has 6 nitrogen and oxygen atoms in total. The van der Waals surface area contributed by atoms with Crippen molar-refractivity contribution in [2.24, 2.45) is 0 Å². The minimum absolute atomic E-state index is 0.0410. The van der Waals surface area contributed by atoms with Crippen LogP contribution in [0.1, 0.15) is 55.5 Å². The Bertz CT molecular complexity index is 1010. The Balaban J connectivity index is 1.88. The zero-order chi connectivity index (χ0) is 22.8. The van der Waals surface area contributed by atoms with Gasteiger partial charge in [0.15, 0.2) is 0 Å². The van der Waals surface area contributed by atoms with E-state index in [1.807, 2.05) is 0 Å². The molecule has 0 bridgehead atoms. The van der Waals surface area contributed by atoms with E-state index < -0.39 is 29.4 Å². The van der Waals surface area contributed by atoms with Gasteiger partial charge in [0.05, 0.1) is 11.0 Å². The molecule has 2 heterocycles. The molecule has 1 fully saturated rings. The Morgan fingerprint density at radius 1 is 1.13 bits per heavy atom. The van der Waals surface area contributed by atoms with E-state index in [0.29, 0.717) is 13.1 Å². The third kappa shape index (κ3) is 5.26. The second-order valence-electron chi connectivity index (χ2n) is 8.28. The van der Waals surface area contributed by atoms with E-state index in [1.165, 1.54) is 25.8 Å². The third-order valence-electron chi connectivity index (χ3n) is 5.97. The normalized spacial score (nSPS) is 16.8. The second kappa shape index (κ2) is 9.38. The molecule has 1 aromatic heterocycles. The summed E-state index contributed by atoms with van der Waals surface area (Å²) in [4.78, 5) is 31.4. The summed E-state index contributed by atoms with van der Waals surface area (Å²) < 4.78 is 41.3. The number of nitrogens with zero attached hydrogens (tertiary/aromatic N) is 3. The lowest BCUT2D eigenvalue weighted by Crippen LogP contribution is -2.41. The van der Waals surface area contributed by atoms with Crippen LogP contribution in [0.5, 0.6) is 0 Å². The molecule has 1 N–H and O–H groups in total. The lowest BCUT2D eigenvalue weighted by molar-refractivity contribution is -0.142. The number of nitrogens with one attached hydrogen (secondary N) is 1. The Kier molecular flexibility index (Phi) is 7.03. The molecule has 1 aliphatic heterocycles. The zero-order valence-corrected chi connectivity index (χ0v) is 18.2. The molecule has 0 aliphatic carbocycles. The van der Waals surface area contributed by atoms with E-state index in [-0.39, 0.29) is 11.0 Å². The van der Waals surface area contributed by atoms with Crippen molar-refractivity contribution in [1.82, 2.24) is 19.8 Å². The molecule has 1 atom stereocenters. The van der Waals surface area contributed by atoms with Crippen molar-refractivity contribution in [2.45, 2.75) is 58.7 Å². The summed E-state index contributed by atoms with van der Waals surface area (Å²) in [5.74, 6) is -0.490. The summed E-state index contributed by atoms with van der Waals surface area (Å²) >= 11 is 0. The first kappa shape index (κ1) is 23.2. The van der Waals surface area contributed by atoms with Crippen molar-refractivity contribution in [3.05, 3.63) is 39.3 Å². The second-order valence-corrected chi connectivity index (χ2v) is 8.28. The van der Waals surface area contributed by atoms with Gasteiger partial charge in [-0.25, -0.2) is 4.98 Å². The molecule has 1 unspecified atom stereocenters. The highest BCUT2D eigenvalue weighted by atomic mass is 19.4. The highest BCUT2D eigenvalue weighted by Crippen LogP contribution is 2.28. The van der Waals surface area contributed by atoms with Crippen LogP contribution in [-0.4, -0.2) is 46.5 Å². The van der Waals surface area contributed by atoms with E-state index in [2.05, 4.69) is 15.2 Å². The summed E-state index contributed by atoms with van der Waals surface area (Å²) in [5, 5.41) is 2.78. The largest absolute Gasteiger partial charge is 0.438 e. The topological polar surface area (TPSA) is 67.2 Å². The lowest BCUT2D eigenvalue weighted by Gasteiger charge is -2.22. The minimum Gasteiger partial charge on any atom is -0.353 e. The average Bonchev–Trinajstić information content (AvgIpc) is 2.96. The number of benzene rings is 1. The third-order valence-corrected chi connectivity index (χ3v) is 5.97. The molecule has 3 rings (SSSR count). The molecular weight excluding hydrogens is 409 g/mol. The number of hydrogen-bond donors (Lipinski definition) is 1. The molecule has 1 saturated heterocycles. The van der Waals surface area contributed by atoms with Crippen molar-refractivity contribution in [3.63, 3.8) is 0 Å². The number of halogens is 3. The number of aromatic nitrogens is 2. The highest BCUT2D eigenvalue weighted by molar-refractivity contribution is 5.84. The summed E-state index contributed by atoms with van der Waals surface area (Å²) in [6, 6.07) is 2.02. The minimum atomic E-state index is -4.91. The van der Waals surface area contributed by atoms with Crippen LogP contribution in [0.4, 0.5) is 13.2 Å². The van der Waals surface area contributed by atoms with Gasteiger partial charge in [0.2, 0.25) is 11.6 Å². The van der Waals surface area contributed by atoms with Crippen LogP contribution in [0, 0.1) is 13.8 Å². The molecule has 0 radical (unpaired) electrons. The fourth-order valence-corrected chi connectivity index (χ4v) is 3.99. The van der Waals surface area contributed by atoms with Crippen LogP contribution < -0.4 is 10.9 Å². The maximum atomic E-state index is 13.5. The van der Waals surface area contributed by atoms with E-state index in [0.717, 1.165) is 41.6 Å². The fraction of sp³-hybridized carbons (Fsp3) is 0.591. The summed E-state index contributed by atoms with van der Waals surface area (Å²) in [6.07, 6.45) is -0.241. The van der Waals surface area contributed by atoms with Crippen LogP contribution in [0.3, 0.4) is 0 Å². The first-order chi connectivity index (χ1) is 14.6. The van der Waals surface area contributed by atoms with Crippen LogP contribution in [-0.2, 0) is 11.0 Å². The number of likely N-dealkylation sites (tertiary alicyclic amines) is 1. The smallest absolute Gasteiger partial charge is 0.353 e. The number of alkyl halides is 3. The standard InChI is InChI=1S/C22H29F3N4O2/c1-14-12-17-18(13-15(14)2)29(21(31)19(27-17)22(23,24)25)16(3)20(30)26-8-11-28-9-6-4-5-7-10-28/h12-13,16H,4-11H2,1-3H3,(H,26,30). The maximum absolute atomic E-state index is 13.5. The summed E-state index contributed by atoms with van der Waals surface area (Å²) in [7, 11) is 0. The predicted molar refractivity (Wildman–Crippen MR) is 113 cm³/mol. The van der Waals surface area contributed by atoms with Crippen molar-refractivity contribution in [2.75, 3.05) is 26.2 Å². The maximum Gasteiger partial charge on any atom is 0.438 e. The van der Waals surface area contributed by atoms with Crippen molar-refractivity contribution in [3.8, 4) is 0 Å². The number of carbonyl (C=O) groups is 1. The van der Waals surface area contributed by atoms with Gasteiger partial charge in [0.25, 0.3) is 5.56 Å². The molecular formula is C22H29F3N4O2. The number of hydrogen-bond acceptors (Lipinski definition) is 4. The number of aryl methyl sites for hydroxylation is 2. The average molecular weight is 438 g/mol. The van der Waals surface area contributed by atoms with E-state index in [1.54, 1.807) is 19.9 Å². The molecule has 170 valence electrons. The van der Waals surface area contributed by atoms with Gasteiger partial charge in [-0.15, -0.1) is 0 Å². The van der Waals surface area contributed by atoms with Crippen LogP contribution in [0.25, 0.3) is 11.0 Å². The number of carbonyl (C=O) groups excluding carboxylic acids is 1. The van der Waals surface area contributed by atoms with Gasteiger partial charge < -0.3 is 10.2 Å².